The molecule has 2 aromatic heterocycles. The first-order valence-corrected chi connectivity index (χ1v) is 6.53. The maximum absolute atomic E-state index is 4.57. The maximum Gasteiger partial charge on any atom is 0.136 e. The van der Waals surface area contributed by atoms with E-state index in [1.807, 2.05) is 30.9 Å². The monoisotopic (exact) mass is 258 g/mol. The molecular weight excluding hydrogens is 240 g/mol. The van der Waals surface area contributed by atoms with E-state index in [0.29, 0.717) is 12.5 Å². The normalized spacial score (nSPS) is 14.4. The van der Waals surface area contributed by atoms with Crippen LogP contribution in [0.1, 0.15) is 30.4 Å². The molecular formula is C13H18N6. The summed E-state index contributed by atoms with van der Waals surface area (Å²) in [6, 6.07) is 1.93. The molecule has 0 bridgehead atoms. The van der Waals surface area contributed by atoms with Crippen molar-refractivity contribution >= 4 is 11.6 Å². The van der Waals surface area contributed by atoms with Gasteiger partial charge in [-0.05, 0) is 12.8 Å². The molecule has 1 saturated carbocycles. The predicted molar refractivity (Wildman–Crippen MR) is 74.1 cm³/mol. The van der Waals surface area contributed by atoms with Gasteiger partial charge >= 0.3 is 0 Å². The summed E-state index contributed by atoms with van der Waals surface area (Å²) in [6.07, 6.45) is 6.13. The summed E-state index contributed by atoms with van der Waals surface area (Å²) in [6.45, 7) is 0.660. The Morgan fingerprint density at radius 1 is 1.32 bits per heavy atom. The summed E-state index contributed by atoms with van der Waals surface area (Å²) in [4.78, 5) is 13.4. The number of nitrogens with zero attached hydrogens (tertiary/aromatic N) is 4. The highest BCUT2D eigenvalue weighted by Crippen LogP contribution is 2.38. The minimum absolute atomic E-state index is 0.544. The van der Waals surface area contributed by atoms with Crippen LogP contribution in [0, 0.1) is 0 Å². The minimum atomic E-state index is 0.544. The van der Waals surface area contributed by atoms with Gasteiger partial charge in [-0.15, -0.1) is 0 Å². The Labute approximate surface area is 112 Å². The van der Waals surface area contributed by atoms with Crippen LogP contribution in [0.5, 0.6) is 0 Å². The van der Waals surface area contributed by atoms with Crippen LogP contribution >= 0.6 is 0 Å². The van der Waals surface area contributed by atoms with E-state index in [4.69, 9.17) is 0 Å². The van der Waals surface area contributed by atoms with Crippen molar-refractivity contribution in [1.29, 1.82) is 0 Å². The predicted octanol–water partition coefficient (Wildman–Crippen LogP) is 1.74. The molecule has 1 aliphatic carbocycles. The third-order valence-corrected chi connectivity index (χ3v) is 3.29. The Balaban J connectivity index is 1.76. The summed E-state index contributed by atoms with van der Waals surface area (Å²) >= 11 is 0. The smallest absolute Gasteiger partial charge is 0.136 e. The molecule has 6 heteroatoms. The zero-order valence-electron chi connectivity index (χ0n) is 11.2. The van der Waals surface area contributed by atoms with Gasteiger partial charge in [0.1, 0.15) is 23.3 Å². The van der Waals surface area contributed by atoms with Crippen molar-refractivity contribution in [2.24, 2.45) is 7.05 Å². The van der Waals surface area contributed by atoms with Crippen LogP contribution in [0.4, 0.5) is 11.6 Å². The van der Waals surface area contributed by atoms with Crippen LogP contribution in [0.3, 0.4) is 0 Å². The fourth-order valence-corrected chi connectivity index (χ4v) is 1.95. The molecule has 19 heavy (non-hydrogen) atoms. The van der Waals surface area contributed by atoms with E-state index in [0.717, 1.165) is 23.3 Å². The van der Waals surface area contributed by atoms with Crippen molar-refractivity contribution in [1.82, 2.24) is 19.5 Å². The van der Waals surface area contributed by atoms with E-state index < -0.39 is 0 Å². The van der Waals surface area contributed by atoms with E-state index in [1.165, 1.54) is 12.8 Å². The van der Waals surface area contributed by atoms with Gasteiger partial charge in [-0.3, -0.25) is 0 Å². The molecule has 0 aromatic carbocycles. The van der Waals surface area contributed by atoms with E-state index in [1.54, 1.807) is 6.20 Å². The summed E-state index contributed by atoms with van der Waals surface area (Å²) in [5.41, 5.74) is 0. The van der Waals surface area contributed by atoms with Crippen molar-refractivity contribution in [3.05, 3.63) is 30.1 Å². The second kappa shape index (κ2) is 4.87. The van der Waals surface area contributed by atoms with Gasteiger partial charge in [-0.2, -0.15) is 0 Å². The van der Waals surface area contributed by atoms with Crippen molar-refractivity contribution in [2.45, 2.75) is 25.3 Å². The molecule has 100 valence electrons. The molecule has 2 heterocycles. The Morgan fingerprint density at radius 3 is 2.74 bits per heavy atom. The lowest BCUT2D eigenvalue weighted by Gasteiger charge is -2.09. The zero-order valence-corrected chi connectivity index (χ0v) is 11.2. The van der Waals surface area contributed by atoms with E-state index in [2.05, 4.69) is 25.6 Å². The van der Waals surface area contributed by atoms with Crippen molar-refractivity contribution in [2.75, 3.05) is 17.7 Å². The number of hydrogen-bond donors (Lipinski definition) is 2. The number of aryl methyl sites for hydroxylation is 1. The average Bonchev–Trinajstić information content (AvgIpc) is 3.20. The Morgan fingerprint density at radius 2 is 2.11 bits per heavy atom. The highest BCUT2D eigenvalue weighted by Gasteiger charge is 2.27. The number of imidazole rings is 1. The van der Waals surface area contributed by atoms with Crippen LogP contribution in [0.25, 0.3) is 0 Å². The van der Waals surface area contributed by atoms with Gasteiger partial charge in [0.15, 0.2) is 0 Å². The number of nitrogens with one attached hydrogen (secondary N) is 2. The molecule has 0 aliphatic heterocycles. The van der Waals surface area contributed by atoms with Gasteiger partial charge in [0.05, 0.1) is 6.54 Å². The molecule has 1 fully saturated rings. The van der Waals surface area contributed by atoms with Gasteiger partial charge in [0, 0.05) is 38.5 Å². The van der Waals surface area contributed by atoms with Gasteiger partial charge < -0.3 is 15.2 Å². The Bertz CT molecular complexity index is 572. The molecule has 0 saturated heterocycles. The van der Waals surface area contributed by atoms with Gasteiger partial charge in [-0.1, -0.05) is 0 Å². The second-order valence-corrected chi connectivity index (χ2v) is 4.83. The fraction of sp³-hybridized carbons (Fsp3) is 0.462. The highest BCUT2D eigenvalue weighted by atomic mass is 15.1. The first-order chi connectivity index (χ1) is 9.26. The first kappa shape index (κ1) is 12.0. The van der Waals surface area contributed by atoms with Crippen LogP contribution in [-0.2, 0) is 13.6 Å². The molecule has 3 rings (SSSR count). The summed E-state index contributed by atoms with van der Waals surface area (Å²) in [5.74, 6) is 4.18. The summed E-state index contributed by atoms with van der Waals surface area (Å²) < 4.78 is 2.00. The topological polar surface area (TPSA) is 67.7 Å². The van der Waals surface area contributed by atoms with E-state index >= 15 is 0 Å². The number of hydrogen-bond acceptors (Lipinski definition) is 5. The molecule has 2 N–H and O–H groups in total. The van der Waals surface area contributed by atoms with E-state index in [-0.39, 0.29) is 0 Å². The lowest BCUT2D eigenvalue weighted by atomic mass is 10.3. The van der Waals surface area contributed by atoms with Gasteiger partial charge in [0.2, 0.25) is 0 Å². The largest absolute Gasteiger partial charge is 0.373 e. The molecule has 0 atom stereocenters. The van der Waals surface area contributed by atoms with Crippen LogP contribution in [-0.4, -0.2) is 26.6 Å². The summed E-state index contributed by atoms with van der Waals surface area (Å²) in [5, 5.41) is 6.39. The lowest BCUT2D eigenvalue weighted by molar-refractivity contribution is 0.808. The molecule has 1 aliphatic rings. The SMILES string of the molecule is CNc1cc(NCc2nccn2C)nc(C2CC2)n1. The second-order valence-electron chi connectivity index (χ2n) is 4.83. The standard InChI is InChI=1S/C13H18N6/c1-14-10-7-11(18-13(17-10)9-3-4-9)16-8-12-15-5-6-19(12)2/h5-7,9H,3-4,8H2,1-2H3,(H2,14,16,17,18). The quantitative estimate of drug-likeness (QED) is 0.855. The minimum Gasteiger partial charge on any atom is -0.373 e. The maximum atomic E-state index is 4.57. The Hall–Kier alpha value is -2.11. The number of rotatable bonds is 5. The van der Waals surface area contributed by atoms with Crippen molar-refractivity contribution < 1.29 is 0 Å². The van der Waals surface area contributed by atoms with Crippen LogP contribution in [0.15, 0.2) is 18.5 Å². The van der Waals surface area contributed by atoms with Crippen molar-refractivity contribution in [3.63, 3.8) is 0 Å². The number of aromatic nitrogens is 4. The highest BCUT2D eigenvalue weighted by molar-refractivity contribution is 5.47. The molecule has 0 spiro atoms. The van der Waals surface area contributed by atoms with E-state index in [9.17, 15) is 0 Å². The molecule has 2 aromatic rings. The Kier molecular flexibility index (Phi) is 3.06. The van der Waals surface area contributed by atoms with Crippen LogP contribution < -0.4 is 10.6 Å². The third-order valence-electron chi connectivity index (χ3n) is 3.29. The molecule has 6 nitrogen and oxygen atoms in total. The lowest BCUT2D eigenvalue weighted by Crippen LogP contribution is -2.09. The molecule has 0 radical (unpaired) electrons. The van der Waals surface area contributed by atoms with Crippen molar-refractivity contribution in [3.8, 4) is 0 Å². The zero-order chi connectivity index (χ0) is 13.2. The molecule has 0 amide bonds. The third kappa shape index (κ3) is 2.67. The summed E-state index contributed by atoms with van der Waals surface area (Å²) in [7, 11) is 3.86. The van der Waals surface area contributed by atoms with Gasteiger partial charge in [0.25, 0.3) is 0 Å². The van der Waals surface area contributed by atoms with Gasteiger partial charge in [-0.25, -0.2) is 15.0 Å². The number of anilines is 2. The molecule has 0 unspecified atom stereocenters. The first-order valence-electron chi connectivity index (χ1n) is 6.53. The fourth-order valence-electron chi connectivity index (χ4n) is 1.95. The average molecular weight is 258 g/mol. The van der Waals surface area contributed by atoms with Crippen LogP contribution in [0.2, 0.25) is 0 Å².